The van der Waals surface area contributed by atoms with Crippen molar-refractivity contribution in [1.29, 1.82) is 0 Å². The first-order chi connectivity index (χ1) is 8.51. The fourth-order valence-corrected chi connectivity index (χ4v) is 1.53. The molecule has 0 spiro atoms. The third kappa shape index (κ3) is 3.20. The highest BCUT2D eigenvalue weighted by Gasteiger charge is 2.85. The van der Waals surface area contributed by atoms with Crippen molar-refractivity contribution in [3.8, 4) is 0 Å². The van der Waals surface area contributed by atoms with Gasteiger partial charge in [-0.05, 0) is 11.6 Å². The molecule has 0 N–H and O–H groups in total. The number of hydrogen-bond donors (Lipinski definition) is 0. The molecule has 0 heterocycles. The maximum Gasteiger partial charge on any atom is 0.436 e. The first-order valence-corrected chi connectivity index (χ1v) is 5.58. The van der Waals surface area contributed by atoms with Crippen molar-refractivity contribution in [2.45, 2.75) is 29.3 Å². The van der Waals surface area contributed by atoms with Gasteiger partial charge in [0.2, 0.25) is 6.17 Å². The van der Waals surface area contributed by atoms with Crippen LogP contribution in [0.3, 0.4) is 0 Å². The molecule has 0 rings (SSSR count). The van der Waals surface area contributed by atoms with E-state index in [1.54, 1.807) is 0 Å². The van der Waals surface area contributed by atoms with Crippen molar-refractivity contribution in [3.05, 3.63) is 9.52 Å². The predicted octanol–water partition coefficient (Wildman–Crippen LogP) is 5.95. The lowest BCUT2D eigenvalue weighted by molar-refractivity contribution is -0.354. The Kier molecular flexibility index (Phi) is 5.89. The molecule has 0 saturated heterocycles. The molecule has 0 aromatic heterocycles. The van der Waals surface area contributed by atoms with Gasteiger partial charge in [0, 0.05) is 0 Å². The largest absolute Gasteiger partial charge is 0.436 e. The summed E-state index contributed by atoms with van der Waals surface area (Å²) in [6.07, 6.45) is -11.3. The number of rotatable bonds is 4. The van der Waals surface area contributed by atoms with Crippen molar-refractivity contribution in [1.82, 2.24) is 0 Å². The highest BCUT2D eigenvalue weighted by atomic mass is 35.5. The first kappa shape index (κ1) is 20.3. The summed E-state index contributed by atoms with van der Waals surface area (Å²) in [6, 6.07) is 0. The van der Waals surface area contributed by atoms with Crippen LogP contribution < -0.4 is 0 Å². The quantitative estimate of drug-likeness (QED) is 0.406. The second-order valence-electron chi connectivity index (χ2n) is 3.25. The van der Waals surface area contributed by atoms with Crippen molar-refractivity contribution < 1.29 is 39.5 Å². The summed E-state index contributed by atoms with van der Waals surface area (Å²) < 4.78 is 113. The molecule has 0 aliphatic heterocycles. The molecule has 0 nitrogen and oxygen atoms in total. The molecule has 0 aliphatic rings. The summed E-state index contributed by atoms with van der Waals surface area (Å²) in [6.45, 7) is 0. The monoisotopic (exact) mass is 396 g/mol. The smallest absolute Gasteiger partial charge is 0.234 e. The minimum absolute atomic E-state index is 1.50. The van der Waals surface area contributed by atoms with Crippen LogP contribution in [0.25, 0.3) is 0 Å². The van der Waals surface area contributed by atoms with Crippen LogP contribution in [0.15, 0.2) is 9.52 Å². The molecule has 20 heavy (non-hydrogen) atoms. The maximum atomic E-state index is 13.3. The summed E-state index contributed by atoms with van der Waals surface area (Å²) in [5, 5.41) is -8.19. The summed E-state index contributed by atoms with van der Waals surface area (Å²) >= 11 is 17.9. The van der Waals surface area contributed by atoms with Crippen molar-refractivity contribution in [3.63, 3.8) is 0 Å². The number of halogens is 13. The number of alkyl halides is 10. The molecule has 0 amide bonds. The highest BCUT2D eigenvalue weighted by molar-refractivity contribution is 6.59. The van der Waals surface area contributed by atoms with Gasteiger partial charge in [-0.15, -0.1) is 0 Å². The van der Waals surface area contributed by atoms with Crippen LogP contribution in [0, 0.1) is 0 Å². The molecule has 120 valence electrons. The highest BCUT2D eigenvalue weighted by Crippen LogP contribution is 2.58. The van der Waals surface area contributed by atoms with Crippen molar-refractivity contribution in [2.24, 2.45) is 0 Å². The van der Waals surface area contributed by atoms with Crippen LogP contribution in [0.4, 0.5) is 39.5 Å². The van der Waals surface area contributed by atoms with Crippen molar-refractivity contribution in [2.75, 3.05) is 0 Å². The Morgan fingerprint density at radius 1 is 0.800 bits per heavy atom. The summed E-state index contributed by atoms with van der Waals surface area (Å²) in [5.41, 5.74) is -6.75. The van der Waals surface area contributed by atoms with E-state index in [0.717, 1.165) is 0 Å². The zero-order chi connectivity index (χ0) is 16.7. The summed E-state index contributed by atoms with van der Waals surface area (Å²) in [4.78, 5) is 0. The average molecular weight is 398 g/mol. The molecule has 0 bridgehead atoms. The summed E-state index contributed by atoms with van der Waals surface area (Å²) in [5.74, 6) is -6.41. The lowest BCUT2D eigenvalue weighted by atomic mass is 9.93. The molecular formula is C7HCl4F9. The van der Waals surface area contributed by atoms with Gasteiger partial charge in [0.1, 0.15) is 4.49 Å². The zero-order valence-corrected chi connectivity index (χ0v) is 11.5. The Labute approximate surface area is 125 Å². The minimum atomic E-state index is -6.93. The van der Waals surface area contributed by atoms with Gasteiger partial charge in [-0.3, -0.25) is 0 Å². The van der Waals surface area contributed by atoms with Crippen LogP contribution in [0.5, 0.6) is 0 Å². The van der Waals surface area contributed by atoms with Gasteiger partial charge in [0.25, 0.3) is 0 Å². The minimum Gasteiger partial charge on any atom is -0.234 e. The van der Waals surface area contributed by atoms with Gasteiger partial charge in [-0.25, -0.2) is 8.78 Å². The first-order valence-electron chi connectivity index (χ1n) is 4.06. The van der Waals surface area contributed by atoms with Crippen LogP contribution >= 0.6 is 46.4 Å². The topological polar surface area (TPSA) is 0 Å². The molecule has 0 aromatic rings. The molecule has 2 atom stereocenters. The molecule has 0 fully saturated rings. The van der Waals surface area contributed by atoms with E-state index < -0.39 is 38.8 Å². The summed E-state index contributed by atoms with van der Waals surface area (Å²) in [7, 11) is 0. The standard InChI is InChI=1S/C7HCl4F9/c8-1(3(9)10)2(12)4(13,14)5(15,6(11,16)17)7(18,19)20/h2H. The van der Waals surface area contributed by atoms with Gasteiger partial charge >= 0.3 is 23.1 Å². The Hall–Kier alpha value is 0.270. The number of allylic oxidation sites excluding steroid dienone is 1. The zero-order valence-electron chi connectivity index (χ0n) is 8.49. The Morgan fingerprint density at radius 2 is 1.15 bits per heavy atom. The Balaban J connectivity index is 6.16. The van der Waals surface area contributed by atoms with E-state index in [1.165, 1.54) is 0 Å². The van der Waals surface area contributed by atoms with E-state index in [9.17, 15) is 39.5 Å². The van der Waals surface area contributed by atoms with E-state index >= 15 is 0 Å². The van der Waals surface area contributed by atoms with E-state index in [2.05, 4.69) is 11.6 Å². The average Bonchev–Trinajstić information content (AvgIpc) is 2.22. The third-order valence-electron chi connectivity index (χ3n) is 1.96. The van der Waals surface area contributed by atoms with Crippen molar-refractivity contribution >= 4 is 46.4 Å². The molecule has 13 heteroatoms. The Bertz CT molecular complexity index is 378. The second kappa shape index (κ2) is 5.81. The fraction of sp³-hybridized carbons (Fsp3) is 0.714. The van der Waals surface area contributed by atoms with Gasteiger partial charge in [-0.1, -0.05) is 34.8 Å². The van der Waals surface area contributed by atoms with Crippen LogP contribution in [-0.4, -0.2) is 29.3 Å². The molecule has 0 aliphatic carbocycles. The second-order valence-corrected chi connectivity index (χ2v) is 5.08. The lowest BCUT2D eigenvalue weighted by Gasteiger charge is -2.38. The molecule has 0 radical (unpaired) electrons. The molecular weight excluding hydrogens is 397 g/mol. The van der Waals surface area contributed by atoms with E-state index in [-0.39, 0.29) is 0 Å². The fourth-order valence-electron chi connectivity index (χ4n) is 0.968. The van der Waals surface area contributed by atoms with E-state index in [4.69, 9.17) is 34.8 Å². The Morgan fingerprint density at radius 3 is 1.35 bits per heavy atom. The molecule has 2 unspecified atom stereocenters. The van der Waals surface area contributed by atoms with E-state index in [1.807, 2.05) is 0 Å². The van der Waals surface area contributed by atoms with Gasteiger partial charge in [0.05, 0.1) is 5.03 Å². The van der Waals surface area contributed by atoms with Gasteiger partial charge < -0.3 is 0 Å². The third-order valence-corrected chi connectivity index (χ3v) is 3.20. The van der Waals surface area contributed by atoms with Gasteiger partial charge in [0.15, 0.2) is 0 Å². The normalized spacial score (nSPS) is 18.4. The maximum absolute atomic E-state index is 13.3. The van der Waals surface area contributed by atoms with Crippen LogP contribution in [-0.2, 0) is 0 Å². The predicted molar refractivity (Wildman–Crippen MR) is 55.1 cm³/mol. The SMILES string of the molecule is FC(C(Cl)=C(Cl)Cl)C(F)(F)C(F)(C(F)(F)F)C(F)(F)Cl. The lowest BCUT2D eigenvalue weighted by Crippen LogP contribution is -2.67. The molecule has 0 aromatic carbocycles. The van der Waals surface area contributed by atoms with Gasteiger partial charge in [-0.2, -0.15) is 30.7 Å². The van der Waals surface area contributed by atoms with E-state index in [0.29, 0.717) is 0 Å². The molecule has 0 saturated carbocycles. The van der Waals surface area contributed by atoms with Crippen LogP contribution in [0.1, 0.15) is 0 Å². The van der Waals surface area contributed by atoms with Crippen LogP contribution in [0.2, 0.25) is 0 Å². The number of hydrogen-bond acceptors (Lipinski definition) is 0.